The molecule has 0 unspecified atom stereocenters. The minimum absolute atomic E-state index is 0.313. The molecule has 1 aromatic carbocycles. The highest BCUT2D eigenvalue weighted by molar-refractivity contribution is 7.98. The lowest BCUT2D eigenvalue weighted by atomic mass is 10.3. The van der Waals surface area contributed by atoms with E-state index in [2.05, 4.69) is 4.98 Å². The summed E-state index contributed by atoms with van der Waals surface area (Å²) in [7, 11) is 0. The van der Waals surface area contributed by atoms with Crippen LogP contribution in [-0.4, -0.2) is 10.1 Å². The minimum Gasteiger partial charge on any atom is -0.508 e. The van der Waals surface area contributed by atoms with Gasteiger partial charge in [-0.2, -0.15) is 0 Å². The van der Waals surface area contributed by atoms with E-state index in [1.165, 1.54) is 9.77 Å². The number of aromatic nitrogens is 1. The van der Waals surface area contributed by atoms with Gasteiger partial charge in [0, 0.05) is 21.7 Å². The van der Waals surface area contributed by atoms with Gasteiger partial charge in [0.1, 0.15) is 5.75 Å². The number of aryl methyl sites for hydroxylation is 1. The molecule has 0 saturated carbocycles. The van der Waals surface area contributed by atoms with Crippen LogP contribution in [0.15, 0.2) is 35.4 Å². The fourth-order valence-corrected chi connectivity index (χ4v) is 2.88. The van der Waals surface area contributed by atoms with Crippen LogP contribution in [-0.2, 0) is 5.75 Å². The normalized spacial score (nSPS) is 10.5. The van der Waals surface area contributed by atoms with Crippen LogP contribution in [0, 0.1) is 6.92 Å². The van der Waals surface area contributed by atoms with E-state index in [9.17, 15) is 0 Å². The lowest BCUT2D eigenvalue weighted by Crippen LogP contribution is -1.74. The van der Waals surface area contributed by atoms with E-state index in [0.717, 1.165) is 10.8 Å². The molecule has 4 heteroatoms. The van der Waals surface area contributed by atoms with E-state index in [1.54, 1.807) is 35.2 Å². The number of phenolic OH excluding ortho intramolecular Hbond substituents is 1. The molecule has 2 rings (SSSR count). The Morgan fingerprint density at radius 1 is 1.33 bits per heavy atom. The first kappa shape index (κ1) is 10.5. The molecule has 0 saturated heterocycles. The molecule has 1 heterocycles. The first-order valence-corrected chi connectivity index (χ1v) is 6.37. The molecule has 0 aliphatic rings. The average molecular weight is 237 g/mol. The van der Waals surface area contributed by atoms with Gasteiger partial charge in [-0.3, -0.25) is 0 Å². The summed E-state index contributed by atoms with van der Waals surface area (Å²) >= 11 is 3.48. The van der Waals surface area contributed by atoms with Crippen molar-refractivity contribution in [2.45, 2.75) is 17.6 Å². The molecule has 1 N–H and O–H groups in total. The molecule has 0 fully saturated rings. The molecule has 2 nitrogen and oxygen atoms in total. The maximum atomic E-state index is 9.13. The highest BCUT2D eigenvalue weighted by Gasteiger charge is 1.99. The first-order chi connectivity index (χ1) is 7.24. The number of aromatic hydroxyl groups is 1. The van der Waals surface area contributed by atoms with Crippen molar-refractivity contribution in [3.63, 3.8) is 0 Å². The lowest BCUT2D eigenvalue weighted by Gasteiger charge is -1.99. The molecular formula is C11H11NOS2. The SMILES string of the molecule is Cc1ncc(CSc2ccc(O)cc2)s1. The third-order valence-electron chi connectivity index (χ3n) is 1.89. The monoisotopic (exact) mass is 237 g/mol. The number of rotatable bonds is 3. The summed E-state index contributed by atoms with van der Waals surface area (Å²) in [4.78, 5) is 6.66. The summed E-state index contributed by atoms with van der Waals surface area (Å²) in [6, 6.07) is 7.27. The Morgan fingerprint density at radius 2 is 2.07 bits per heavy atom. The predicted molar refractivity (Wildman–Crippen MR) is 64.5 cm³/mol. The summed E-state index contributed by atoms with van der Waals surface area (Å²) in [6.07, 6.45) is 1.92. The van der Waals surface area contributed by atoms with Crippen molar-refractivity contribution in [3.05, 3.63) is 40.3 Å². The number of nitrogens with zero attached hydrogens (tertiary/aromatic N) is 1. The zero-order chi connectivity index (χ0) is 10.7. The average Bonchev–Trinajstić information content (AvgIpc) is 2.64. The van der Waals surface area contributed by atoms with Crippen LogP contribution in [0.5, 0.6) is 5.75 Å². The lowest BCUT2D eigenvalue weighted by molar-refractivity contribution is 0.475. The van der Waals surface area contributed by atoms with Crippen molar-refractivity contribution in [2.75, 3.05) is 0 Å². The van der Waals surface area contributed by atoms with E-state index in [0.29, 0.717) is 5.75 Å². The van der Waals surface area contributed by atoms with Gasteiger partial charge in [0.05, 0.1) is 5.01 Å². The second kappa shape index (κ2) is 4.68. The molecular weight excluding hydrogens is 226 g/mol. The summed E-state index contributed by atoms with van der Waals surface area (Å²) in [6.45, 7) is 2.01. The van der Waals surface area contributed by atoms with E-state index >= 15 is 0 Å². The van der Waals surface area contributed by atoms with Gasteiger partial charge in [-0.15, -0.1) is 23.1 Å². The first-order valence-electron chi connectivity index (χ1n) is 4.57. The molecule has 15 heavy (non-hydrogen) atoms. The molecule has 2 aromatic rings. The van der Waals surface area contributed by atoms with E-state index in [4.69, 9.17) is 5.11 Å². The quantitative estimate of drug-likeness (QED) is 0.830. The maximum absolute atomic E-state index is 9.13. The Bertz CT molecular complexity index is 436. The van der Waals surface area contributed by atoms with Crippen LogP contribution in [0.25, 0.3) is 0 Å². The molecule has 0 radical (unpaired) electrons. The number of benzene rings is 1. The largest absolute Gasteiger partial charge is 0.508 e. The van der Waals surface area contributed by atoms with Gasteiger partial charge < -0.3 is 5.11 Å². The Labute approximate surface area is 97.0 Å². The molecule has 0 aliphatic carbocycles. The summed E-state index contributed by atoms with van der Waals surface area (Å²) in [5.41, 5.74) is 0. The van der Waals surface area contributed by atoms with Crippen molar-refractivity contribution in [2.24, 2.45) is 0 Å². The van der Waals surface area contributed by atoms with E-state index < -0.39 is 0 Å². The minimum atomic E-state index is 0.313. The Hall–Kier alpha value is -1.00. The van der Waals surface area contributed by atoms with Gasteiger partial charge in [-0.25, -0.2) is 4.98 Å². The van der Waals surface area contributed by atoms with Gasteiger partial charge in [0.2, 0.25) is 0 Å². The van der Waals surface area contributed by atoms with Gasteiger partial charge >= 0.3 is 0 Å². The standard InChI is InChI=1S/C11H11NOS2/c1-8-12-6-11(15-8)7-14-10-4-2-9(13)3-5-10/h2-6,13H,7H2,1H3. The smallest absolute Gasteiger partial charge is 0.115 e. The van der Waals surface area contributed by atoms with Crippen molar-refractivity contribution in [1.82, 2.24) is 4.98 Å². The Balaban J connectivity index is 1.96. The van der Waals surface area contributed by atoms with Gasteiger partial charge in [-0.05, 0) is 31.2 Å². The van der Waals surface area contributed by atoms with Crippen LogP contribution in [0.3, 0.4) is 0 Å². The number of hydrogen-bond acceptors (Lipinski definition) is 4. The number of thioether (sulfide) groups is 1. The molecule has 0 atom stereocenters. The maximum Gasteiger partial charge on any atom is 0.115 e. The number of hydrogen-bond donors (Lipinski definition) is 1. The van der Waals surface area contributed by atoms with Crippen LogP contribution >= 0.6 is 23.1 Å². The highest BCUT2D eigenvalue weighted by Crippen LogP contribution is 2.26. The van der Waals surface area contributed by atoms with Gasteiger partial charge in [0.25, 0.3) is 0 Å². The van der Waals surface area contributed by atoms with Crippen LogP contribution in [0.4, 0.5) is 0 Å². The van der Waals surface area contributed by atoms with E-state index in [-0.39, 0.29) is 0 Å². The van der Waals surface area contributed by atoms with Crippen molar-refractivity contribution >= 4 is 23.1 Å². The summed E-state index contributed by atoms with van der Waals surface area (Å²) in [5, 5.41) is 10.2. The zero-order valence-corrected chi connectivity index (χ0v) is 9.94. The molecule has 78 valence electrons. The van der Waals surface area contributed by atoms with Crippen LogP contribution in [0.1, 0.15) is 9.88 Å². The Morgan fingerprint density at radius 3 is 2.67 bits per heavy atom. The van der Waals surface area contributed by atoms with Gasteiger partial charge in [0.15, 0.2) is 0 Å². The van der Waals surface area contributed by atoms with Gasteiger partial charge in [-0.1, -0.05) is 0 Å². The van der Waals surface area contributed by atoms with Crippen molar-refractivity contribution in [3.8, 4) is 5.75 Å². The molecule has 0 aliphatic heterocycles. The fourth-order valence-electron chi connectivity index (χ4n) is 1.17. The highest BCUT2D eigenvalue weighted by atomic mass is 32.2. The molecule has 0 spiro atoms. The molecule has 0 amide bonds. The third-order valence-corrected chi connectivity index (χ3v) is 4.04. The van der Waals surface area contributed by atoms with E-state index in [1.807, 2.05) is 25.3 Å². The van der Waals surface area contributed by atoms with Crippen LogP contribution in [0.2, 0.25) is 0 Å². The van der Waals surface area contributed by atoms with Crippen LogP contribution < -0.4 is 0 Å². The zero-order valence-electron chi connectivity index (χ0n) is 8.30. The van der Waals surface area contributed by atoms with Crippen molar-refractivity contribution < 1.29 is 5.11 Å². The molecule has 0 bridgehead atoms. The fraction of sp³-hybridized carbons (Fsp3) is 0.182. The second-order valence-corrected chi connectivity index (χ2v) is 5.50. The third kappa shape index (κ3) is 2.97. The summed E-state index contributed by atoms with van der Waals surface area (Å²) < 4.78 is 0. The molecule has 1 aromatic heterocycles. The van der Waals surface area contributed by atoms with Crippen molar-refractivity contribution in [1.29, 1.82) is 0 Å². The number of phenols is 1. The number of thiazole rings is 1. The second-order valence-electron chi connectivity index (χ2n) is 3.13. The summed E-state index contributed by atoms with van der Waals surface area (Å²) in [5.74, 6) is 1.25. The topological polar surface area (TPSA) is 33.1 Å². The predicted octanol–water partition coefficient (Wildman–Crippen LogP) is 3.45. The Kier molecular flexibility index (Phi) is 3.28.